The maximum atomic E-state index is 11.0. The number of hydrogen-bond acceptors (Lipinski definition) is 1. The Labute approximate surface area is 76.8 Å². The van der Waals surface area contributed by atoms with Gasteiger partial charge in [0.1, 0.15) is 0 Å². The number of carboxylic acid groups (broad SMARTS) is 1. The van der Waals surface area contributed by atoms with E-state index in [2.05, 4.69) is 4.98 Å². The fourth-order valence-corrected chi connectivity index (χ4v) is 1.96. The molecule has 70 valence electrons. The Morgan fingerprint density at radius 3 is 2.46 bits per heavy atom. The number of nitrogens with one attached hydrogen (secondary N) is 1. The average molecular weight is 179 g/mol. The van der Waals surface area contributed by atoms with E-state index in [9.17, 15) is 4.79 Å². The predicted molar refractivity (Wildman–Crippen MR) is 49.2 cm³/mol. The molecule has 0 amide bonds. The smallest absolute Gasteiger partial charge is 0.337 e. The minimum atomic E-state index is -0.802. The van der Waals surface area contributed by atoms with Crippen LogP contribution in [0.5, 0.6) is 0 Å². The molecule has 3 heteroatoms. The van der Waals surface area contributed by atoms with Gasteiger partial charge in [0.05, 0.1) is 5.56 Å². The van der Waals surface area contributed by atoms with Gasteiger partial charge in [-0.2, -0.15) is 0 Å². The fraction of sp³-hybridized carbons (Fsp3) is 0.500. The van der Waals surface area contributed by atoms with E-state index in [1.54, 1.807) is 0 Å². The van der Waals surface area contributed by atoms with E-state index in [-0.39, 0.29) is 0 Å². The highest BCUT2D eigenvalue weighted by atomic mass is 16.4. The quantitative estimate of drug-likeness (QED) is 0.731. The van der Waals surface area contributed by atoms with E-state index in [1.165, 1.54) is 0 Å². The second kappa shape index (κ2) is 2.62. The van der Waals surface area contributed by atoms with Crippen molar-refractivity contribution in [3.05, 3.63) is 22.5 Å². The van der Waals surface area contributed by atoms with E-state index in [0.717, 1.165) is 29.8 Å². The molecule has 0 aromatic carbocycles. The highest BCUT2D eigenvalue weighted by Crippen LogP contribution is 2.44. The number of H-pyrrole nitrogens is 1. The maximum Gasteiger partial charge on any atom is 0.337 e. The third kappa shape index (κ3) is 1.24. The summed E-state index contributed by atoms with van der Waals surface area (Å²) < 4.78 is 0. The molecule has 13 heavy (non-hydrogen) atoms. The Kier molecular flexibility index (Phi) is 1.68. The van der Waals surface area contributed by atoms with Crippen molar-refractivity contribution in [2.75, 3.05) is 0 Å². The SMILES string of the molecule is Cc1[nH]c(C)c(C2CC2)c1C(=O)O. The molecule has 1 heterocycles. The molecule has 0 bridgehead atoms. The van der Waals surface area contributed by atoms with Gasteiger partial charge in [-0.05, 0) is 38.2 Å². The number of aromatic carboxylic acids is 1. The van der Waals surface area contributed by atoms with Crippen molar-refractivity contribution in [1.82, 2.24) is 4.98 Å². The lowest BCUT2D eigenvalue weighted by Crippen LogP contribution is -2.00. The van der Waals surface area contributed by atoms with Gasteiger partial charge in [0, 0.05) is 11.4 Å². The van der Waals surface area contributed by atoms with E-state index < -0.39 is 5.97 Å². The number of aromatic amines is 1. The van der Waals surface area contributed by atoms with Crippen molar-refractivity contribution < 1.29 is 9.90 Å². The Morgan fingerprint density at radius 2 is 2.00 bits per heavy atom. The summed E-state index contributed by atoms with van der Waals surface area (Å²) in [5.41, 5.74) is 3.34. The van der Waals surface area contributed by atoms with Gasteiger partial charge < -0.3 is 10.1 Å². The van der Waals surface area contributed by atoms with Crippen molar-refractivity contribution >= 4 is 5.97 Å². The topological polar surface area (TPSA) is 53.1 Å². The summed E-state index contributed by atoms with van der Waals surface area (Å²) in [7, 11) is 0. The molecule has 2 rings (SSSR count). The molecule has 1 aliphatic rings. The summed E-state index contributed by atoms with van der Waals surface area (Å²) in [6.45, 7) is 3.77. The van der Waals surface area contributed by atoms with Crippen molar-refractivity contribution in [2.45, 2.75) is 32.6 Å². The molecule has 1 aromatic rings. The van der Waals surface area contributed by atoms with Crippen molar-refractivity contribution in [2.24, 2.45) is 0 Å². The largest absolute Gasteiger partial charge is 0.478 e. The van der Waals surface area contributed by atoms with Gasteiger partial charge in [-0.25, -0.2) is 4.79 Å². The third-order valence-corrected chi connectivity index (χ3v) is 2.62. The molecule has 1 aliphatic carbocycles. The van der Waals surface area contributed by atoms with Gasteiger partial charge in [0.2, 0.25) is 0 Å². The van der Waals surface area contributed by atoms with Gasteiger partial charge in [-0.3, -0.25) is 0 Å². The Hall–Kier alpha value is -1.25. The van der Waals surface area contributed by atoms with Crippen LogP contribution in [0.25, 0.3) is 0 Å². The standard InChI is InChI=1S/C10H13NO2/c1-5-8(7-3-4-7)9(10(12)13)6(2)11-5/h7,11H,3-4H2,1-2H3,(H,12,13). The van der Waals surface area contributed by atoms with Gasteiger partial charge in [-0.1, -0.05) is 0 Å². The molecular weight excluding hydrogens is 166 g/mol. The van der Waals surface area contributed by atoms with Crippen LogP contribution in [0.2, 0.25) is 0 Å². The Balaban J connectivity index is 2.56. The normalized spacial score (nSPS) is 16.2. The summed E-state index contributed by atoms with van der Waals surface area (Å²) >= 11 is 0. The van der Waals surface area contributed by atoms with Gasteiger partial charge in [0.15, 0.2) is 0 Å². The first-order chi connectivity index (χ1) is 6.11. The van der Waals surface area contributed by atoms with Crippen LogP contribution in [0.4, 0.5) is 0 Å². The van der Waals surface area contributed by atoms with E-state index in [1.807, 2.05) is 13.8 Å². The van der Waals surface area contributed by atoms with E-state index in [4.69, 9.17) is 5.11 Å². The van der Waals surface area contributed by atoms with Gasteiger partial charge in [-0.15, -0.1) is 0 Å². The first-order valence-corrected chi connectivity index (χ1v) is 4.53. The summed E-state index contributed by atoms with van der Waals surface area (Å²) in [6, 6.07) is 0. The molecule has 0 spiro atoms. The lowest BCUT2D eigenvalue weighted by molar-refractivity contribution is 0.0695. The highest BCUT2D eigenvalue weighted by molar-refractivity contribution is 5.91. The Morgan fingerprint density at radius 1 is 1.38 bits per heavy atom. The minimum absolute atomic E-state index is 0.496. The second-order valence-corrected chi connectivity index (χ2v) is 3.74. The van der Waals surface area contributed by atoms with Crippen LogP contribution in [-0.2, 0) is 0 Å². The molecule has 3 nitrogen and oxygen atoms in total. The van der Waals surface area contributed by atoms with E-state index >= 15 is 0 Å². The molecule has 0 saturated heterocycles. The second-order valence-electron chi connectivity index (χ2n) is 3.74. The van der Waals surface area contributed by atoms with Crippen LogP contribution >= 0.6 is 0 Å². The summed E-state index contributed by atoms with van der Waals surface area (Å²) in [5.74, 6) is -0.306. The molecule has 1 aromatic heterocycles. The molecule has 1 fully saturated rings. The summed E-state index contributed by atoms with van der Waals surface area (Å²) in [6.07, 6.45) is 2.27. The number of aromatic nitrogens is 1. The summed E-state index contributed by atoms with van der Waals surface area (Å²) in [5, 5.41) is 9.02. The van der Waals surface area contributed by atoms with Crippen LogP contribution in [0.1, 0.15) is 46.1 Å². The number of carboxylic acids is 1. The van der Waals surface area contributed by atoms with Crippen LogP contribution in [0.3, 0.4) is 0 Å². The maximum absolute atomic E-state index is 11.0. The molecule has 2 N–H and O–H groups in total. The minimum Gasteiger partial charge on any atom is -0.478 e. The lowest BCUT2D eigenvalue weighted by atomic mass is 10.0. The zero-order valence-corrected chi connectivity index (χ0v) is 7.85. The van der Waals surface area contributed by atoms with Crippen LogP contribution in [-0.4, -0.2) is 16.1 Å². The number of hydrogen-bond donors (Lipinski definition) is 2. The zero-order valence-electron chi connectivity index (χ0n) is 7.85. The lowest BCUT2D eigenvalue weighted by Gasteiger charge is -1.98. The molecular formula is C10H13NO2. The molecule has 0 unspecified atom stereocenters. The molecule has 1 saturated carbocycles. The van der Waals surface area contributed by atoms with Crippen LogP contribution in [0.15, 0.2) is 0 Å². The zero-order chi connectivity index (χ0) is 9.59. The van der Waals surface area contributed by atoms with Gasteiger partial charge >= 0.3 is 5.97 Å². The van der Waals surface area contributed by atoms with Gasteiger partial charge in [0.25, 0.3) is 0 Å². The number of carbonyl (C=O) groups is 1. The number of rotatable bonds is 2. The molecule has 0 atom stereocenters. The third-order valence-electron chi connectivity index (χ3n) is 2.62. The van der Waals surface area contributed by atoms with Crippen molar-refractivity contribution in [3.63, 3.8) is 0 Å². The summed E-state index contributed by atoms with van der Waals surface area (Å²) in [4.78, 5) is 14.1. The highest BCUT2D eigenvalue weighted by Gasteiger charge is 2.32. The average Bonchev–Trinajstić information content (AvgIpc) is 2.77. The van der Waals surface area contributed by atoms with Crippen LogP contribution in [0, 0.1) is 13.8 Å². The van der Waals surface area contributed by atoms with Crippen LogP contribution < -0.4 is 0 Å². The monoisotopic (exact) mass is 179 g/mol. The van der Waals surface area contributed by atoms with Crippen molar-refractivity contribution in [1.29, 1.82) is 0 Å². The van der Waals surface area contributed by atoms with Crippen molar-refractivity contribution in [3.8, 4) is 0 Å². The predicted octanol–water partition coefficient (Wildman–Crippen LogP) is 2.21. The molecule has 0 aliphatic heterocycles. The Bertz CT molecular complexity index is 361. The first kappa shape index (κ1) is 8.35. The first-order valence-electron chi connectivity index (χ1n) is 4.53. The van der Waals surface area contributed by atoms with E-state index in [0.29, 0.717) is 11.5 Å². The molecule has 0 radical (unpaired) electrons. The fourth-order valence-electron chi connectivity index (χ4n) is 1.96. The number of aryl methyl sites for hydroxylation is 2.